The van der Waals surface area contributed by atoms with Crippen LogP contribution in [0.2, 0.25) is 0 Å². The van der Waals surface area contributed by atoms with Gasteiger partial charge in [-0.3, -0.25) is 14.5 Å². The second kappa shape index (κ2) is 6.38. The molecule has 1 aromatic heterocycles. The Morgan fingerprint density at radius 3 is 2.54 bits per heavy atom. The number of nitrogens with zero attached hydrogens (tertiary/aromatic N) is 2. The van der Waals surface area contributed by atoms with E-state index < -0.39 is 0 Å². The zero-order chi connectivity index (χ0) is 18.3. The molecule has 2 heterocycles. The number of thioether (sulfide) groups is 1. The highest BCUT2D eigenvalue weighted by molar-refractivity contribution is 8.27. The Hall–Kier alpha value is -2.99. The predicted octanol–water partition coefficient (Wildman–Crippen LogP) is 4.41. The molecule has 0 atom stereocenters. The molecule has 2 aromatic carbocycles. The number of aromatic nitrogens is 1. The Morgan fingerprint density at radius 2 is 1.81 bits per heavy atom. The average molecular weight is 364 g/mol. The molecule has 0 bridgehead atoms. The van der Waals surface area contributed by atoms with Gasteiger partial charge in [0, 0.05) is 28.9 Å². The van der Waals surface area contributed by atoms with E-state index >= 15 is 0 Å². The molecule has 26 heavy (non-hydrogen) atoms. The summed E-state index contributed by atoms with van der Waals surface area (Å²) in [6.07, 6.45) is 1.89. The summed E-state index contributed by atoms with van der Waals surface area (Å²) >= 11 is 0.679. The van der Waals surface area contributed by atoms with Crippen LogP contribution in [0.15, 0.2) is 67.0 Å². The van der Waals surface area contributed by atoms with Crippen LogP contribution in [0.4, 0.5) is 10.5 Å². The quantitative estimate of drug-likeness (QED) is 0.644. The topological polar surface area (TPSA) is 51.5 Å². The smallest absolute Gasteiger partial charge is 0.298 e. The molecule has 0 aliphatic carbocycles. The van der Waals surface area contributed by atoms with Crippen LogP contribution in [0.5, 0.6) is 5.75 Å². The van der Waals surface area contributed by atoms with Crippen molar-refractivity contribution >= 4 is 38.7 Å². The van der Waals surface area contributed by atoms with Gasteiger partial charge in [-0.1, -0.05) is 43.0 Å². The van der Waals surface area contributed by atoms with Crippen LogP contribution in [0.25, 0.3) is 10.9 Å². The average Bonchev–Trinajstić information content (AvgIpc) is 3.12. The summed E-state index contributed by atoms with van der Waals surface area (Å²) in [6.45, 7) is 4.36. The van der Waals surface area contributed by atoms with Gasteiger partial charge in [0.2, 0.25) is 5.12 Å². The first kappa shape index (κ1) is 16.5. The van der Waals surface area contributed by atoms with Gasteiger partial charge < -0.3 is 9.30 Å². The zero-order valence-electron chi connectivity index (χ0n) is 14.1. The number of rotatable bonds is 4. The number of hydrogen-bond donors (Lipinski definition) is 0. The number of amides is 1. The highest BCUT2D eigenvalue weighted by Crippen LogP contribution is 2.38. The van der Waals surface area contributed by atoms with E-state index in [1.807, 2.05) is 54.7 Å². The zero-order valence-corrected chi connectivity index (χ0v) is 15.0. The number of methoxy groups -OCH3 is 1. The Balaban J connectivity index is 1.84. The van der Waals surface area contributed by atoms with Crippen LogP contribution < -0.4 is 9.64 Å². The van der Waals surface area contributed by atoms with Gasteiger partial charge in [-0.05, 0) is 12.1 Å². The minimum atomic E-state index is -0.319. The van der Waals surface area contributed by atoms with Crippen LogP contribution in [-0.2, 0) is 11.3 Å². The van der Waals surface area contributed by atoms with E-state index in [1.54, 1.807) is 7.11 Å². The van der Waals surface area contributed by atoms with E-state index in [-0.39, 0.29) is 16.1 Å². The molecule has 0 N–H and O–H groups in total. The highest BCUT2D eigenvalue weighted by Gasteiger charge is 2.36. The Kier molecular flexibility index (Phi) is 4.05. The van der Waals surface area contributed by atoms with E-state index in [1.165, 1.54) is 4.90 Å². The molecule has 1 aliphatic rings. The summed E-state index contributed by atoms with van der Waals surface area (Å²) in [5.41, 5.74) is 2.86. The van der Waals surface area contributed by atoms with E-state index in [2.05, 4.69) is 11.1 Å². The van der Waals surface area contributed by atoms with Crippen molar-refractivity contribution < 1.29 is 14.3 Å². The molecule has 5 nitrogen and oxygen atoms in total. The first-order valence-electron chi connectivity index (χ1n) is 8.05. The highest BCUT2D eigenvalue weighted by atomic mass is 32.2. The van der Waals surface area contributed by atoms with Gasteiger partial charge >= 0.3 is 0 Å². The van der Waals surface area contributed by atoms with Crippen molar-refractivity contribution in [3.05, 3.63) is 72.6 Å². The number of para-hydroxylation sites is 2. The normalized spacial score (nSPS) is 14.5. The van der Waals surface area contributed by atoms with Crippen LogP contribution in [-0.4, -0.2) is 22.0 Å². The number of fused-ring (bicyclic) bond motifs is 1. The van der Waals surface area contributed by atoms with Crippen LogP contribution >= 0.6 is 11.8 Å². The molecule has 0 radical (unpaired) electrons. The number of carbonyl (C=O) groups is 2. The molecule has 1 amide bonds. The Labute approximate surface area is 154 Å². The molecule has 4 rings (SSSR count). The van der Waals surface area contributed by atoms with Crippen molar-refractivity contribution in [3.63, 3.8) is 0 Å². The SMILES string of the molecule is C=C1C(=O)SC(=O)N1c1cn(Cc2ccccc2OC)c2ccccc12. The Morgan fingerprint density at radius 1 is 1.08 bits per heavy atom. The largest absolute Gasteiger partial charge is 0.496 e. The molecular formula is C20H16N2O3S. The molecule has 1 fully saturated rings. The first-order chi connectivity index (χ1) is 12.6. The number of benzene rings is 2. The van der Waals surface area contributed by atoms with Crippen molar-refractivity contribution in [3.8, 4) is 5.75 Å². The lowest BCUT2D eigenvalue weighted by Gasteiger charge is -2.13. The molecule has 6 heteroatoms. The maximum absolute atomic E-state index is 12.3. The maximum atomic E-state index is 12.3. The lowest BCUT2D eigenvalue weighted by Crippen LogP contribution is -2.20. The minimum Gasteiger partial charge on any atom is -0.496 e. The van der Waals surface area contributed by atoms with E-state index in [0.717, 1.165) is 22.2 Å². The minimum absolute atomic E-state index is 0.195. The summed E-state index contributed by atoms with van der Waals surface area (Å²) in [5, 5.41) is 0.268. The monoisotopic (exact) mass is 364 g/mol. The molecular weight excluding hydrogens is 348 g/mol. The fourth-order valence-electron chi connectivity index (χ4n) is 3.18. The predicted molar refractivity (Wildman–Crippen MR) is 104 cm³/mol. The summed E-state index contributed by atoms with van der Waals surface area (Å²) < 4.78 is 7.50. The third-order valence-electron chi connectivity index (χ3n) is 4.41. The summed E-state index contributed by atoms with van der Waals surface area (Å²) in [7, 11) is 1.65. The van der Waals surface area contributed by atoms with Gasteiger partial charge in [0.15, 0.2) is 0 Å². The maximum Gasteiger partial charge on any atom is 0.298 e. The third kappa shape index (κ3) is 2.59. The standard InChI is InChI=1S/C20H16N2O3S/c1-13-19(23)26-20(24)22(13)17-12-21(16-9-5-4-8-15(16)17)11-14-7-3-6-10-18(14)25-2/h3-10,12H,1,11H2,2H3. The van der Waals surface area contributed by atoms with Gasteiger partial charge in [-0.2, -0.15) is 0 Å². The van der Waals surface area contributed by atoms with E-state index in [0.29, 0.717) is 24.0 Å². The summed E-state index contributed by atoms with van der Waals surface area (Å²) in [4.78, 5) is 25.5. The third-order valence-corrected chi connectivity index (χ3v) is 5.19. The van der Waals surface area contributed by atoms with Gasteiger partial charge in [0.05, 0.1) is 30.6 Å². The molecule has 0 unspecified atom stereocenters. The number of carbonyl (C=O) groups excluding carboxylic acids is 2. The molecule has 1 saturated heterocycles. The van der Waals surface area contributed by atoms with Gasteiger partial charge in [0.1, 0.15) is 5.75 Å². The van der Waals surface area contributed by atoms with Crippen LogP contribution in [0.3, 0.4) is 0 Å². The molecule has 0 spiro atoms. The van der Waals surface area contributed by atoms with Crippen LogP contribution in [0, 0.1) is 0 Å². The second-order valence-corrected chi connectivity index (χ2v) is 6.83. The number of anilines is 1. The molecule has 1 aliphatic heterocycles. The number of ether oxygens (including phenoxy) is 1. The van der Waals surface area contributed by atoms with Crippen LogP contribution in [0.1, 0.15) is 5.56 Å². The Bertz CT molecular complexity index is 1050. The van der Waals surface area contributed by atoms with E-state index in [9.17, 15) is 9.59 Å². The first-order valence-corrected chi connectivity index (χ1v) is 8.86. The van der Waals surface area contributed by atoms with Crippen molar-refractivity contribution in [1.29, 1.82) is 0 Å². The summed E-state index contributed by atoms with van der Waals surface area (Å²) in [5.74, 6) is 0.805. The fourth-order valence-corrected chi connectivity index (χ4v) is 3.85. The summed E-state index contributed by atoms with van der Waals surface area (Å²) in [6, 6.07) is 15.6. The lowest BCUT2D eigenvalue weighted by atomic mass is 10.2. The van der Waals surface area contributed by atoms with Gasteiger partial charge in [-0.25, -0.2) is 0 Å². The molecule has 3 aromatic rings. The molecule has 130 valence electrons. The fraction of sp³-hybridized carbons (Fsp3) is 0.100. The van der Waals surface area contributed by atoms with Gasteiger partial charge in [-0.15, -0.1) is 0 Å². The molecule has 0 saturated carbocycles. The van der Waals surface area contributed by atoms with Crippen molar-refractivity contribution in [2.24, 2.45) is 0 Å². The van der Waals surface area contributed by atoms with Crippen molar-refractivity contribution in [2.45, 2.75) is 6.54 Å². The van der Waals surface area contributed by atoms with Gasteiger partial charge in [0.25, 0.3) is 5.24 Å². The number of hydrogen-bond acceptors (Lipinski definition) is 4. The lowest BCUT2D eigenvalue weighted by molar-refractivity contribution is -0.107. The second-order valence-electron chi connectivity index (χ2n) is 5.91. The van der Waals surface area contributed by atoms with Crippen molar-refractivity contribution in [2.75, 3.05) is 12.0 Å². The van der Waals surface area contributed by atoms with Crippen molar-refractivity contribution in [1.82, 2.24) is 4.57 Å². The van der Waals surface area contributed by atoms with E-state index in [4.69, 9.17) is 4.74 Å².